The summed E-state index contributed by atoms with van der Waals surface area (Å²) in [4.78, 5) is 26.4. The van der Waals surface area contributed by atoms with E-state index >= 15 is 0 Å². The first-order valence-corrected chi connectivity index (χ1v) is 15.1. The molecule has 0 spiro atoms. The van der Waals surface area contributed by atoms with Crippen LogP contribution in [-0.4, -0.2) is 114 Å². The maximum absolute atomic E-state index is 12.7. The average molecular weight is 600 g/mol. The molecular weight excluding hydrogens is 558 g/mol. The maximum atomic E-state index is 12.7. The highest BCUT2D eigenvalue weighted by Gasteiger charge is 2.22. The minimum Gasteiger partial charge on any atom is -0.378 e. The number of hydrogen-bond donors (Lipinski definition) is 3. The monoisotopic (exact) mass is 599 g/mol. The molecule has 2 saturated heterocycles. The molecule has 12 nitrogen and oxygen atoms in total. The van der Waals surface area contributed by atoms with Gasteiger partial charge in [-0.25, -0.2) is 14.3 Å². The van der Waals surface area contributed by atoms with Crippen LogP contribution >= 0.6 is 0 Å². The standard InChI is InChI=1S/C32H41N9O3/c1-37(2)21-23-20-28-30(39-16-18-44-19-17-39)35-29(36-41(28)22-23)24-4-8-26(9-5-24)33-32(43)34-27-10-6-25(7-11-27)31(42)40-14-12-38(3)13-15-40/h4-11,20,22,31,42H,12-19,21H2,1-3H3,(H2,33,34,43). The highest BCUT2D eigenvalue weighted by molar-refractivity contribution is 5.99. The molecule has 2 aliphatic rings. The second-order valence-electron chi connectivity index (χ2n) is 11.8. The van der Waals surface area contributed by atoms with Crippen LogP contribution in [0.4, 0.5) is 22.0 Å². The molecule has 0 bridgehead atoms. The van der Waals surface area contributed by atoms with E-state index in [9.17, 15) is 9.90 Å². The molecule has 2 aromatic heterocycles. The van der Waals surface area contributed by atoms with Crippen molar-refractivity contribution in [1.29, 1.82) is 0 Å². The van der Waals surface area contributed by atoms with Gasteiger partial charge in [-0.1, -0.05) is 12.1 Å². The molecule has 4 aromatic rings. The number of morpholine rings is 1. The Morgan fingerprint density at radius 1 is 0.955 bits per heavy atom. The molecule has 1 atom stereocenters. The van der Waals surface area contributed by atoms with Gasteiger partial charge in [0.15, 0.2) is 11.6 Å². The molecule has 1 unspecified atom stereocenters. The smallest absolute Gasteiger partial charge is 0.323 e. The lowest BCUT2D eigenvalue weighted by Crippen LogP contribution is -2.45. The van der Waals surface area contributed by atoms with Crippen LogP contribution in [0.5, 0.6) is 0 Å². The van der Waals surface area contributed by atoms with Crippen molar-refractivity contribution in [2.45, 2.75) is 12.8 Å². The summed E-state index contributed by atoms with van der Waals surface area (Å²) in [6, 6.07) is 16.6. The molecule has 0 aliphatic carbocycles. The topological polar surface area (TPSA) is 114 Å². The van der Waals surface area contributed by atoms with Crippen molar-refractivity contribution in [3.8, 4) is 11.4 Å². The van der Waals surface area contributed by atoms with Crippen LogP contribution in [0.2, 0.25) is 0 Å². The van der Waals surface area contributed by atoms with E-state index < -0.39 is 6.23 Å². The summed E-state index contributed by atoms with van der Waals surface area (Å²) >= 11 is 0. The Bertz CT molecular complexity index is 1560. The number of rotatable bonds is 8. The second kappa shape index (κ2) is 13.3. The van der Waals surface area contributed by atoms with E-state index in [1.807, 2.05) is 53.0 Å². The van der Waals surface area contributed by atoms with E-state index in [4.69, 9.17) is 14.8 Å². The van der Waals surface area contributed by atoms with Gasteiger partial charge in [-0.15, -0.1) is 5.10 Å². The molecule has 2 fully saturated rings. The van der Waals surface area contributed by atoms with Crippen molar-refractivity contribution in [3.05, 3.63) is 71.9 Å². The Morgan fingerprint density at radius 3 is 2.23 bits per heavy atom. The normalized spacial score (nSPS) is 17.2. The highest BCUT2D eigenvalue weighted by Crippen LogP contribution is 2.27. The van der Waals surface area contributed by atoms with Crippen molar-refractivity contribution in [2.24, 2.45) is 0 Å². The lowest BCUT2D eigenvalue weighted by Gasteiger charge is -2.35. The summed E-state index contributed by atoms with van der Waals surface area (Å²) in [5, 5.41) is 21.4. The molecule has 3 N–H and O–H groups in total. The number of piperazine rings is 1. The maximum Gasteiger partial charge on any atom is 0.323 e. The predicted octanol–water partition coefficient (Wildman–Crippen LogP) is 3.18. The summed E-state index contributed by atoms with van der Waals surface area (Å²) in [7, 11) is 6.19. The van der Waals surface area contributed by atoms with Crippen LogP contribution in [0.15, 0.2) is 60.8 Å². The number of aliphatic hydroxyl groups excluding tert-OH is 1. The summed E-state index contributed by atoms with van der Waals surface area (Å²) in [6.45, 7) is 7.20. The van der Waals surface area contributed by atoms with Gasteiger partial charge < -0.3 is 35.2 Å². The fourth-order valence-corrected chi connectivity index (χ4v) is 5.63. The van der Waals surface area contributed by atoms with Gasteiger partial charge in [0.2, 0.25) is 0 Å². The number of nitrogens with zero attached hydrogens (tertiary/aromatic N) is 7. The minimum absolute atomic E-state index is 0.349. The molecule has 232 valence electrons. The molecule has 0 saturated carbocycles. The number of carbonyl (C=O) groups is 1. The average Bonchev–Trinajstić information content (AvgIpc) is 3.43. The van der Waals surface area contributed by atoms with Crippen LogP contribution < -0.4 is 15.5 Å². The quantitative estimate of drug-likeness (QED) is 0.281. The Kier molecular flexibility index (Phi) is 9.05. The van der Waals surface area contributed by atoms with Gasteiger partial charge in [0, 0.05) is 68.9 Å². The number of aromatic nitrogens is 3. The summed E-state index contributed by atoms with van der Waals surface area (Å²) in [5.41, 5.74) is 5.10. The van der Waals surface area contributed by atoms with Gasteiger partial charge in [0.05, 0.1) is 13.2 Å². The minimum atomic E-state index is -0.655. The molecule has 4 heterocycles. The van der Waals surface area contributed by atoms with Crippen molar-refractivity contribution in [2.75, 3.05) is 89.2 Å². The number of urea groups is 1. The van der Waals surface area contributed by atoms with Gasteiger partial charge in [-0.05, 0) is 74.7 Å². The van der Waals surface area contributed by atoms with E-state index in [-0.39, 0.29) is 6.03 Å². The predicted molar refractivity (Wildman–Crippen MR) is 172 cm³/mol. The Balaban J connectivity index is 1.12. The van der Waals surface area contributed by atoms with E-state index in [1.54, 1.807) is 0 Å². The fraction of sp³-hybridized carbons (Fsp3) is 0.406. The highest BCUT2D eigenvalue weighted by atomic mass is 16.5. The Morgan fingerprint density at radius 2 is 1.59 bits per heavy atom. The molecule has 0 radical (unpaired) electrons. The number of aliphatic hydroxyl groups is 1. The summed E-state index contributed by atoms with van der Waals surface area (Å²) < 4.78 is 7.50. The summed E-state index contributed by atoms with van der Waals surface area (Å²) in [6.07, 6.45) is 1.40. The molecular formula is C32H41N9O3. The third kappa shape index (κ3) is 7.01. The summed E-state index contributed by atoms with van der Waals surface area (Å²) in [5.74, 6) is 1.51. The molecule has 6 rings (SSSR count). The van der Waals surface area contributed by atoms with Gasteiger partial charge in [0.25, 0.3) is 0 Å². The van der Waals surface area contributed by atoms with Crippen LogP contribution in [0.3, 0.4) is 0 Å². The number of carbonyl (C=O) groups excluding carboxylic acids is 1. The molecule has 12 heteroatoms. The molecule has 2 amide bonds. The van der Waals surface area contributed by atoms with Gasteiger partial charge in [-0.3, -0.25) is 4.90 Å². The number of nitrogens with one attached hydrogen (secondary N) is 2. The van der Waals surface area contributed by atoms with Crippen molar-refractivity contribution in [1.82, 2.24) is 29.3 Å². The van der Waals surface area contributed by atoms with Gasteiger partial charge in [-0.2, -0.15) is 0 Å². The van der Waals surface area contributed by atoms with Gasteiger partial charge in [0.1, 0.15) is 11.7 Å². The zero-order valence-corrected chi connectivity index (χ0v) is 25.6. The number of fused-ring (bicyclic) bond motifs is 1. The first-order valence-electron chi connectivity index (χ1n) is 15.1. The number of anilines is 3. The second-order valence-corrected chi connectivity index (χ2v) is 11.8. The third-order valence-electron chi connectivity index (χ3n) is 8.06. The van der Waals surface area contributed by atoms with Crippen LogP contribution in [-0.2, 0) is 11.3 Å². The zero-order valence-electron chi connectivity index (χ0n) is 25.6. The van der Waals surface area contributed by atoms with Crippen LogP contribution in [0, 0.1) is 0 Å². The van der Waals surface area contributed by atoms with Crippen molar-refractivity contribution < 1.29 is 14.6 Å². The number of hydrogen-bond acceptors (Lipinski definition) is 9. The number of amides is 2. The lowest BCUT2D eigenvalue weighted by atomic mass is 10.1. The van der Waals surface area contributed by atoms with Gasteiger partial charge >= 0.3 is 6.03 Å². The van der Waals surface area contributed by atoms with Crippen molar-refractivity contribution in [3.63, 3.8) is 0 Å². The zero-order chi connectivity index (χ0) is 30.6. The van der Waals surface area contributed by atoms with E-state index in [1.165, 1.54) is 5.56 Å². The Hall–Kier alpha value is -4.07. The largest absolute Gasteiger partial charge is 0.378 e. The number of ether oxygens (including phenoxy) is 1. The van der Waals surface area contributed by atoms with Crippen LogP contribution in [0.25, 0.3) is 16.9 Å². The Labute approximate surface area is 257 Å². The molecule has 2 aliphatic heterocycles. The van der Waals surface area contributed by atoms with E-state index in [0.29, 0.717) is 30.4 Å². The molecule has 2 aromatic carbocycles. The van der Waals surface area contributed by atoms with E-state index in [2.05, 4.69) is 63.6 Å². The SMILES string of the molecule is CN(C)Cc1cc2c(N3CCOCC3)nc(-c3ccc(NC(=O)Nc4ccc(C(O)N5CCN(C)CC5)cc4)cc3)nn2c1. The van der Waals surface area contributed by atoms with Crippen LogP contribution in [0.1, 0.15) is 17.4 Å². The first-order chi connectivity index (χ1) is 21.3. The molecule has 44 heavy (non-hydrogen) atoms. The number of benzene rings is 2. The lowest BCUT2D eigenvalue weighted by molar-refractivity contribution is -0.0232. The van der Waals surface area contributed by atoms with E-state index in [0.717, 1.165) is 68.3 Å². The first kappa shape index (κ1) is 30.0. The van der Waals surface area contributed by atoms with Crippen molar-refractivity contribution >= 4 is 28.7 Å². The third-order valence-corrected chi connectivity index (χ3v) is 8.06. The number of likely N-dealkylation sites (N-methyl/N-ethyl adjacent to an activating group) is 1. The fourth-order valence-electron chi connectivity index (χ4n) is 5.63.